The van der Waals surface area contributed by atoms with E-state index in [1.807, 2.05) is 10.1 Å². The number of rotatable bonds is 6. The van der Waals surface area contributed by atoms with Crippen LogP contribution in [0.5, 0.6) is 0 Å². The molecular formula is C28H46N4O4. The van der Waals surface area contributed by atoms with Crippen molar-refractivity contribution in [1.82, 2.24) is 20.8 Å². The number of hydrogen-bond donors (Lipinski definition) is 2. The van der Waals surface area contributed by atoms with Crippen molar-refractivity contribution in [2.24, 2.45) is 0 Å². The lowest BCUT2D eigenvalue weighted by atomic mass is 9.79. The van der Waals surface area contributed by atoms with Gasteiger partial charge in [0.25, 0.3) is 11.8 Å². The minimum Gasteiger partial charge on any atom is -0.349 e. The Morgan fingerprint density at radius 2 is 0.889 bits per heavy atom. The van der Waals surface area contributed by atoms with Crippen molar-refractivity contribution in [3.63, 3.8) is 0 Å². The summed E-state index contributed by atoms with van der Waals surface area (Å²) in [5.74, 6) is -0.250. The molecule has 2 saturated heterocycles. The van der Waals surface area contributed by atoms with Crippen LogP contribution in [0.25, 0.3) is 0 Å². The molecule has 2 fully saturated rings. The van der Waals surface area contributed by atoms with Crippen LogP contribution in [-0.4, -0.2) is 70.4 Å². The summed E-state index contributed by atoms with van der Waals surface area (Å²) < 4.78 is 0. The summed E-state index contributed by atoms with van der Waals surface area (Å²) in [6.45, 7) is 17.0. The zero-order valence-corrected chi connectivity index (χ0v) is 23.8. The van der Waals surface area contributed by atoms with Crippen LogP contribution < -0.4 is 10.6 Å². The molecule has 36 heavy (non-hydrogen) atoms. The van der Waals surface area contributed by atoms with E-state index in [2.05, 4.69) is 66.0 Å². The van der Waals surface area contributed by atoms with Gasteiger partial charge in [-0.25, -0.2) is 0 Å². The van der Waals surface area contributed by atoms with Crippen LogP contribution in [0.1, 0.15) is 102 Å². The molecule has 0 aromatic heterocycles. The van der Waals surface area contributed by atoms with Gasteiger partial charge in [0, 0.05) is 45.4 Å². The van der Waals surface area contributed by atoms with E-state index in [0.717, 1.165) is 25.7 Å². The maximum Gasteiger partial charge on any atom is 0.251 e. The van der Waals surface area contributed by atoms with Gasteiger partial charge in [0.15, 0.2) is 0 Å². The molecule has 0 aliphatic carbocycles. The second-order valence-corrected chi connectivity index (χ2v) is 12.9. The van der Waals surface area contributed by atoms with Crippen LogP contribution in [0.15, 0.2) is 24.3 Å². The van der Waals surface area contributed by atoms with Gasteiger partial charge in [-0.1, -0.05) is 0 Å². The highest BCUT2D eigenvalue weighted by molar-refractivity contribution is 5.98. The molecule has 0 atom stereocenters. The summed E-state index contributed by atoms with van der Waals surface area (Å²) in [6.07, 6.45) is 3.13. The van der Waals surface area contributed by atoms with Crippen LogP contribution in [0.2, 0.25) is 0 Å². The summed E-state index contributed by atoms with van der Waals surface area (Å²) >= 11 is 0. The summed E-state index contributed by atoms with van der Waals surface area (Å²) in [6, 6.07) is 6.97. The number of piperidine rings is 2. The number of nitrogens with one attached hydrogen (secondary N) is 2. The Morgan fingerprint density at radius 3 is 1.11 bits per heavy atom. The number of nitrogens with zero attached hydrogens (tertiary/aromatic N) is 2. The van der Waals surface area contributed by atoms with E-state index in [9.17, 15) is 9.59 Å². The van der Waals surface area contributed by atoms with E-state index in [-0.39, 0.29) is 46.1 Å². The van der Waals surface area contributed by atoms with Crippen LogP contribution in [0.3, 0.4) is 0 Å². The molecule has 2 aliphatic heterocycles. The molecular weight excluding hydrogens is 456 g/mol. The Bertz CT molecular complexity index is 842. The summed E-state index contributed by atoms with van der Waals surface area (Å²) in [7, 11) is 3.40. The van der Waals surface area contributed by atoms with E-state index < -0.39 is 0 Å². The molecule has 2 heterocycles. The first-order chi connectivity index (χ1) is 16.5. The summed E-state index contributed by atoms with van der Waals surface area (Å²) in [5.41, 5.74) is 0.259. The van der Waals surface area contributed by atoms with Crippen molar-refractivity contribution in [1.29, 1.82) is 0 Å². The molecule has 8 nitrogen and oxygen atoms in total. The second kappa shape index (κ2) is 10.0. The zero-order valence-electron chi connectivity index (χ0n) is 23.8. The van der Waals surface area contributed by atoms with Crippen molar-refractivity contribution in [2.75, 3.05) is 14.2 Å². The largest absolute Gasteiger partial charge is 0.349 e. The quantitative estimate of drug-likeness (QED) is 0.603. The number of carbonyl (C=O) groups excluding carboxylic acids is 2. The van der Waals surface area contributed by atoms with Crippen LogP contribution in [0, 0.1) is 0 Å². The summed E-state index contributed by atoms with van der Waals surface area (Å²) in [4.78, 5) is 37.3. The molecule has 2 aliphatic rings. The molecule has 202 valence electrons. The van der Waals surface area contributed by atoms with Gasteiger partial charge < -0.3 is 20.3 Å². The zero-order chi connectivity index (χ0) is 27.1. The van der Waals surface area contributed by atoms with E-state index in [4.69, 9.17) is 9.68 Å². The lowest BCUT2D eigenvalue weighted by molar-refractivity contribution is -0.267. The number of amides is 2. The monoisotopic (exact) mass is 502 g/mol. The topological polar surface area (TPSA) is 83.1 Å². The van der Waals surface area contributed by atoms with Crippen molar-refractivity contribution in [3.05, 3.63) is 35.4 Å². The number of hydroxylamine groups is 4. The van der Waals surface area contributed by atoms with Gasteiger partial charge in [0.1, 0.15) is 0 Å². The highest BCUT2D eigenvalue weighted by Crippen LogP contribution is 2.39. The smallest absolute Gasteiger partial charge is 0.251 e. The van der Waals surface area contributed by atoms with Crippen molar-refractivity contribution >= 4 is 11.8 Å². The molecule has 0 unspecified atom stereocenters. The van der Waals surface area contributed by atoms with Gasteiger partial charge in [0.2, 0.25) is 0 Å². The number of benzene rings is 1. The van der Waals surface area contributed by atoms with Crippen molar-refractivity contribution < 1.29 is 19.3 Å². The SMILES string of the molecule is CON1C(C)(C)CC(NC(=O)c2ccc(C(=O)NC3CC(C)(C)N(OC)C(C)(C)C3)cc2)CC1(C)C. The Kier molecular flexibility index (Phi) is 7.97. The molecule has 0 bridgehead atoms. The molecule has 2 N–H and O–H groups in total. The van der Waals surface area contributed by atoms with Gasteiger partial charge in [-0.15, -0.1) is 0 Å². The van der Waals surface area contributed by atoms with Gasteiger partial charge >= 0.3 is 0 Å². The highest BCUT2D eigenvalue weighted by Gasteiger charge is 2.47. The lowest BCUT2D eigenvalue weighted by Crippen LogP contribution is -2.63. The molecule has 3 rings (SSSR count). The number of hydrogen-bond acceptors (Lipinski definition) is 6. The van der Waals surface area contributed by atoms with Crippen LogP contribution >= 0.6 is 0 Å². The average molecular weight is 503 g/mol. The van der Waals surface area contributed by atoms with E-state index in [0.29, 0.717) is 11.1 Å². The van der Waals surface area contributed by atoms with E-state index in [1.54, 1.807) is 38.5 Å². The third kappa shape index (κ3) is 5.93. The standard InChI is InChI=1S/C28H46N4O4/c1-25(2)15-21(16-26(3,4)31(25)35-9)29-23(33)19-11-13-20(14-12-19)24(34)30-22-17-27(5,6)32(36-10)28(7,8)18-22/h11-14,21-22H,15-18H2,1-10H3,(H,29,33)(H,30,34). The Labute approximate surface area is 217 Å². The molecule has 0 saturated carbocycles. The van der Waals surface area contributed by atoms with Gasteiger partial charge in [-0.2, -0.15) is 10.1 Å². The Balaban J connectivity index is 1.63. The van der Waals surface area contributed by atoms with Crippen molar-refractivity contribution in [2.45, 2.75) is 115 Å². The molecule has 0 radical (unpaired) electrons. The fraction of sp³-hybridized carbons (Fsp3) is 0.714. The number of carbonyl (C=O) groups is 2. The van der Waals surface area contributed by atoms with Crippen LogP contribution in [-0.2, 0) is 9.68 Å². The predicted octanol–water partition coefficient (Wildman–Crippen LogP) is 4.31. The molecule has 1 aromatic carbocycles. The minimum atomic E-state index is -0.209. The molecule has 2 amide bonds. The first-order valence-electron chi connectivity index (χ1n) is 12.9. The van der Waals surface area contributed by atoms with Crippen LogP contribution in [0.4, 0.5) is 0 Å². The van der Waals surface area contributed by atoms with Gasteiger partial charge in [0.05, 0.1) is 14.2 Å². The lowest BCUT2D eigenvalue weighted by Gasteiger charge is -2.53. The fourth-order valence-electron chi connectivity index (χ4n) is 7.03. The van der Waals surface area contributed by atoms with E-state index in [1.165, 1.54) is 0 Å². The van der Waals surface area contributed by atoms with E-state index >= 15 is 0 Å². The summed E-state index contributed by atoms with van der Waals surface area (Å²) in [5, 5.41) is 10.4. The Hall–Kier alpha value is -2.00. The normalized spacial score (nSPS) is 24.3. The molecule has 1 aromatic rings. The Morgan fingerprint density at radius 1 is 0.639 bits per heavy atom. The minimum absolute atomic E-state index is 0.0292. The fourth-order valence-corrected chi connectivity index (χ4v) is 7.03. The maximum absolute atomic E-state index is 13.0. The first kappa shape index (κ1) is 28.6. The second-order valence-electron chi connectivity index (χ2n) is 12.9. The van der Waals surface area contributed by atoms with Gasteiger partial charge in [-0.3, -0.25) is 9.59 Å². The third-order valence-corrected chi connectivity index (χ3v) is 7.63. The highest BCUT2D eigenvalue weighted by atomic mass is 16.7. The predicted molar refractivity (Wildman–Crippen MR) is 141 cm³/mol. The van der Waals surface area contributed by atoms with Gasteiger partial charge in [-0.05, 0) is 105 Å². The molecule has 0 spiro atoms. The first-order valence-corrected chi connectivity index (χ1v) is 12.9. The third-order valence-electron chi connectivity index (χ3n) is 7.63. The van der Waals surface area contributed by atoms with Crippen molar-refractivity contribution in [3.8, 4) is 0 Å². The maximum atomic E-state index is 13.0. The molecule has 8 heteroatoms. The average Bonchev–Trinajstić information content (AvgIpc) is 2.70.